The Morgan fingerprint density at radius 3 is 2.42 bits per heavy atom. The van der Waals surface area contributed by atoms with E-state index in [9.17, 15) is 16.8 Å². The third-order valence-corrected chi connectivity index (χ3v) is 9.65. The molecule has 1 aromatic carbocycles. The highest BCUT2D eigenvalue weighted by Crippen LogP contribution is 2.41. The second kappa shape index (κ2) is 6.47. The van der Waals surface area contributed by atoms with Gasteiger partial charge >= 0.3 is 0 Å². The molecular weight excluding hydrogens is 374 g/mol. The zero-order chi connectivity index (χ0) is 18.4. The van der Waals surface area contributed by atoms with Gasteiger partial charge in [-0.25, -0.2) is 21.1 Å². The Morgan fingerprint density at radius 1 is 1.08 bits per heavy atom. The molecule has 9 heteroatoms. The number of nitrogens with one attached hydrogen (secondary N) is 1. The van der Waals surface area contributed by atoms with Gasteiger partial charge in [0.1, 0.15) is 0 Å². The molecule has 140 valence electrons. The minimum Gasteiger partial charge on any atom is -0.282 e. The quantitative estimate of drug-likeness (QED) is 0.836. The van der Waals surface area contributed by atoms with E-state index in [4.69, 9.17) is 0 Å². The van der Waals surface area contributed by atoms with E-state index in [2.05, 4.69) is 10.2 Å². The van der Waals surface area contributed by atoms with Crippen molar-refractivity contribution in [1.82, 2.24) is 14.5 Å². The van der Waals surface area contributed by atoms with Crippen molar-refractivity contribution < 1.29 is 16.8 Å². The van der Waals surface area contributed by atoms with Gasteiger partial charge in [0.2, 0.25) is 10.0 Å². The van der Waals surface area contributed by atoms with E-state index >= 15 is 0 Å². The summed E-state index contributed by atoms with van der Waals surface area (Å²) in [5.41, 5.74) is 1.97. The lowest BCUT2D eigenvalue weighted by Crippen LogP contribution is -2.38. The van der Waals surface area contributed by atoms with Gasteiger partial charge < -0.3 is 0 Å². The second-order valence-corrected chi connectivity index (χ2v) is 11.5. The van der Waals surface area contributed by atoms with Gasteiger partial charge in [-0.15, -0.1) is 0 Å². The molecule has 2 aliphatic heterocycles. The topological polar surface area (TPSA) is 100 Å². The van der Waals surface area contributed by atoms with Crippen LogP contribution in [-0.2, 0) is 19.9 Å². The summed E-state index contributed by atoms with van der Waals surface area (Å²) in [6.45, 7) is 0.688. The molecule has 3 atom stereocenters. The molecule has 0 bridgehead atoms. The van der Waals surface area contributed by atoms with Gasteiger partial charge in [-0.1, -0.05) is 30.3 Å². The van der Waals surface area contributed by atoms with Gasteiger partial charge in [0.25, 0.3) is 0 Å². The molecule has 2 fully saturated rings. The van der Waals surface area contributed by atoms with Crippen molar-refractivity contribution in [2.75, 3.05) is 24.6 Å². The fourth-order valence-electron chi connectivity index (χ4n) is 4.01. The molecule has 1 N–H and O–H groups in total. The van der Waals surface area contributed by atoms with Crippen LogP contribution in [0.15, 0.2) is 42.6 Å². The van der Waals surface area contributed by atoms with Crippen LogP contribution in [0, 0.1) is 0 Å². The highest BCUT2D eigenvalue weighted by atomic mass is 32.2. The highest BCUT2D eigenvalue weighted by Gasteiger charge is 2.46. The van der Waals surface area contributed by atoms with Gasteiger partial charge in [0.05, 0.1) is 16.8 Å². The largest absolute Gasteiger partial charge is 0.282 e. The van der Waals surface area contributed by atoms with Crippen LogP contribution in [0.3, 0.4) is 0 Å². The van der Waals surface area contributed by atoms with Crippen LogP contribution in [0.25, 0.3) is 0 Å². The predicted molar refractivity (Wildman–Crippen MR) is 98.1 cm³/mol. The number of benzene rings is 1. The van der Waals surface area contributed by atoms with Crippen molar-refractivity contribution in [3.63, 3.8) is 0 Å². The molecule has 0 aliphatic carbocycles. The Labute approximate surface area is 153 Å². The number of aromatic amines is 1. The third kappa shape index (κ3) is 3.19. The molecular formula is C17H21N3O4S2. The van der Waals surface area contributed by atoms with E-state index in [1.54, 1.807) is 6.20 Å². The van der Waals surface area contributed by atoms with E-state index in [-0.39, 0.29) is 29.8 Å². The average Bonchev–Trinajstić information content (AvgIpc) is 3.34. The van der Waals surface area contributed by atoms with Crippen molar-refractivity contribution in [3.8, 4) is 0 Å². The summed E-state index contributed by atoms with van der Waals surface area (Å²) >= 11 is 0. The lowest BCUT2D eigenvalue weighted by molar-refractivity contribution is 0.460. The van der Waals surface area contributed by atoms with Gasteiger partial charge in [-0.3, -0.25) is 5.10 Å². The maximum Gasteiger partial charge on any atom is 0.218 e. The summed E-state index contributed by atoms with van der Waals surface area (Å²) in [5, 5.41) is 6.14. The van der Waals surface area contributed by atoms with Crippen LogP contribution >= 0.6 is 0 Å². The van der Waals surface area contributed by atoms with Crippen LogP contribution < -0.4 is 0 Å². The van der Waals surface area contributed by atoms with E-state index in [0.29, 0.717) is 13.1 Å². The molecule has 1 aromatic heterocycles. The summed E-state index contributed by atoms with van der Waals surface area (Å²) in [5.74, 6) is -0.343. The first-order chi connectivity index (χ1) is 12.4. The van der Waals surface area contributed by atoms with Gasteiger partial charge in [-0.2, -0.15) is 5.10 Å². The first kappa shape index (κ1) is 17.7. The smallest absolute Gasteiger partial charge is 0.218 e. The lowest BCUT2D eigenvalue weighted by atomic mass is 9.87. The molecule has 4 rings (SSSR count). The maximum atomic E-state index is 13.1. The van der Waals surface area contributed by atoms with Crippen LogP contribution in [0.4, 0.5) is 0 Å². The maximum absolute atomic E-state index is 13.1. The number of hydrogen-bond donors (Lipinski definition) is 1. The fourth-order valence-corrected chi connectivity index (χ4v) is 8.59. The average molecular weight is 396 g/mol. The zero-order valence-corrected chi connectivity index (χ0v) is 15.8. The van der Waals surface area contributed by atoms with Gasteiger partial charge in [0.15, 0.2) is 9.84 Å². The van der Waals surface area contributed by atoms with E-state index in [0.717, 1.165) is 11.3 Å². The van der Waals surface area contributed by atoms with Crippen molar-refractivity contribution in [2.45, 2.75) is 23.5 Å². The molecule has 7 nitrogen and oxygen atoms in total. The van der Waals surface area contributed by atoms with Gasteiger partial charge in [-0.05, 0) is 18.1 Å². The standard InChI is InChI=1S/C17H21N3O4S2/c21-25(22)9-7-14(12-25)26(23,24)20-10-15(13-4-2-1-3-5-13)16(11-20)17-6-8-18-19-17/h1-6,8,14-16H,7,9-12H2,(H,18,19)/t14?,15-,16+/m0/s1. The summed E-state index contributed by atoms with van der Waals surface area (Å²) in [4.78, 5) is 0. The van der Waals surface area contributed by atoms with Crippen LogP contribution in [-0.4, -0.2) is 61.2 Å². The molecule has 2 aromatic rings. The third-order valence-electron chi connectivity index (χ3n) is 5.41. The molecule has 3 heterocycles. The zero-order valence-electron chi connectivity index (χ0n) is 14.2. The van der Waals surface area contributed by atoms with Crippen molar-refractivity contribution in [2.24, 2.45) is 0 Å². The summed E-state index contributed by atoms with van der Waals surface area (Å²) < 4.78 is 51.1. The van der Waals surface area contributed by atoms with Crippen LogP contribution in [0.1, 0.15) is 29.5 Å². The van der Waals surface area contributed by atoms with E-state index < -0.39 is 25.1 Å². The Kier molecular flexibility index (Phi) is 4.40. The Bertz CT molecular complexity index is 972. The monoisotopic (exact) mass is 395 g/mol. The first-order valence-electron chi connectivity index (χ1n) is 8.60. The van der Waals surface area contributed by atoms with Crippen LogP contribution in [0.2, 0.25) is 0 Å². The number of sulfone groups is 1. The molecule has 1 unspecified atom stereocenters. The summed E-state index contributed by atoms with van der Waals surface area (Å²) in [7, 11) is -6.91. The lowest BCUT2D eigenvalue weighted by Gasteiger charge is -2.20. The number of aromatic nitrogens is 2. The molecule has 26 heavy (non-hydrogen) atoms. The number of H-pyrrole nitrogens is 1. The second-order valence-electron chi connectivity index (χ2n) is 7.02. The first-order valence-corrected chi connectivity index (χ1v) is 11.9. The Morgan fingerprint density at radius 2 is 1.81 bits per heavy atom. The van der Waals surface area contributed by atoms with Crippen molar-refractivity contribution >= 4 is 19.9 Å². The molecule has 2 saturated heterocycles. The van der Waals surface area contributed by atoms with Gasteiger partial charge in [0, 0.05) is 36.8 Å². The fraction of sp³-hybridized carbons (Fsp3) is 0.471. The highest BCUT2D eigenvalue weighted by molar-refractivity contribution is 7.95. The predicted octanol–water partition coefficient (Wildman–Crippen LogP) is 1.11. The number of nitrogens with zero attached hydrogens (tertiary/aromatic N) is 2. The molecule has 0 saturated carbocycles. The Hall–Kier alpha value is -1.71. The van der Waals surface area contributed by atoms with E-state index in [1.165, 1.54) is 4.31 Å². The number of hydrogen-bond acceptors (Lipinski definition) is 5. The number of rotatable bonds is 4. The molecule has 0 amide bonds. The molecule has 0 spiro atoms. The Balaban J connectivity index is 1.65. The summed E-state index contributed by atoms with van der Waals surface area (Å²) in [6.07, 6.45) is 1.85. The minimum atomic E-state index is -3.65. The summed E-state index contributed by atoms with van der Waals surface area (Å²) in [6, 6.07) is 11.7. The van der Waals surface area contributed by atoms with Crippen LogP contribution in [0.5, 0.6) is 0 Å². The number of sulfonamides is 1. The molecule has 0 radical (unpaired) electrons. The SMILES string of the molecule is O=S1(=O)CCC(S(=O)(=O)N2C[C@@H](c3ccccc3)[C@H](c3ccn[nH]3)C2)C1. The van der Waals surface area contributed by atoms with Crippen molar-refractivity contribution in [3.05, 3.63) is 53.9 Å². The molecule has 2 aliphatic rings. The van der Waals surface area contributed by atoms with Crippen molar-refractivity contribution in [1.29, 1.82) is 0 Å². The normalized spacial score (nSPS) is 29.2. The van der Waals surface area contributed by atoms with E-state index in [1.807, 2.05) is 36.4 Å². The minimum absolute atomic E-state index is 0.00411.